The number of anilines is 1. The zero-order valence-corrected chi connectivity index (χ0v) is 15.5. The Balaban J connectivity index is 0.00000210. The predicted molar refractivity (Wildman–Crippen MR) is 108 cm³/mol. The molecule has 0 fully saturated rings. The lowest BCUT2D eigenvalue weighted by molar-refractivity contribution is -0.384. The second kappa shape index (κ2) is 7.80. The highest BCUT2D eigenvalue weighted by molar-refractivity contribution is 5.96. The molecule has 0 aliphatic carbocycles. The van der Waals surface area contributed by atoms with Crippen LogP contribution in [-0.4, -0.2) is 21.9 Å². The third-order valence-corrected chi connectivity index (χ3v) is 4.93. The van der Waals surface area contributed by atoms with E-state index in [9.17, 15) is 14.9 Å². The molecule has 1 aromatic heterocycles. The van der Waals surface area contributed by atoms with Gasteiger partial charge in [0.15, 0.2) is 0 Å². The third kappa shape index (κ3) is 3.40. The number of nitro groups is 1. The Morgan fingerprint density at radius 3 is 2.63 bits per heavy atom. The maximum Gasteiger partial charge on any atom is 0.292 e. The molecule has 7 heteroatoms. The summed E-state index contributed by atoms with van der Waals surface area (Å²) in [6.45, 7) is 0.569. The van der Waals surface area contributed by atoms with E-state index >= 15 is 0 Å². The van der Waals surface area contributed by atoms with Crippen molar-refractivity contribution in [3.63, 3.8) is 0 Å². The molecule has 2 aromatic carbocycles. The number of rotatable bonds is 5. The van der Waals surface area contributed by atoms with E-state index in [-0.39, 0.29) is 28.9 Å². The van der Waals surface area contributed by atoms with Crippen LogP contribution in [0.5, 0.6) is 0 Å². The van der Waals surface area contributed by atoms with E-state index in [1.165, 1.54) is 11.6 Å². The van der Waals surface area contributed by atoms with Crippen LogP contribution >= 0.6 is 12.4 Å². The lowest BCUT2D eigenvalue weighted by atomic mass is 10.0. The van der Waals surface area contributed by atoms with Crippen LogP contribution in [0.15, 0.2) is 48.5 Å². The Morgan fingerprint density at radius 2 is 1.81 bits per heavy atom. The molecule has 0 amide bonds. The molecule has 6 nitrogen and oxygen atoms in total. The van der Waals surface area contributed by atoms with E-state index in [1.807, 2.05) is 28.8 Å². The number of fused-ring (bicyclic) bond motifs is 3. The molecule has 0 saturated heterocycles. The van der Waals surface area contributed by atoms with Gasteiger partial charge in [0.1, 0.15) is 5.69 Å². The van der Waals surface area contributed by atoms with Crippen molar-refractivity contribution < 1.29 is 9.72 Å². The summed E-state index contributed by atoms with van der Waals surface area (Å²) >= 11 is 0. The fraction of sp³-hybridized carbons (Fsp3) is 0.250. The van der Waals surface area contributed by atoms with Crippen LogP contribution in [-0.2, 0) is 12.8 Å². The molecule has 0 saturated carbocycles. The molecule has 2 heterocycles. The standard InChI is InChI=1S/C20H19N3O3.ClH/c24-20-11-5-10-18-15(14-6-1-3-8-17(14)22(18)20)12-13-21-16-7-2-4-9-19(16)23(25)26;/h1-4,6-9,21H,5,10-13H2;1H. The lowest BCUT2D eigenvalue weighted by Crippen LogP contribution is -2.20. The first kappa shape index (κ1) is 18.9. The quantitative estimate of drug-likeness (QED) is 0.514. The van der Waals surface area contributed by atoms with E-state index in [4.69, 9.17) is 0 Å². The van der Waals surface area contributed by atoms with Gasteiger partial charge in [0.2, 0.25) is 5.91 Å². The Hall–Kier alpha value is -2.86. The molecule has 140 valence electrons. The molecule has 1 aliphatic rings. The lowest BCUT2D eigenvalue weighted by Gasteiger charge is -2.16. The summed E-state index contributed by atoms with van der Waals surface area (Å²) in [6, 6.07) is 14.6. The van der Waals surface area contributed by atoms with Gasteiger partial charge >= 0.3 is 0 Å². The van der Waals surface area contributed by atoms with Crippen molar-refractivity contribution in [3.8, 4) is 0 Å². The summed E-state index contributed by atoms with van der Waals surface area (Å²) in [6.07, 6.45) is 3.06. The topological polar surface area (TPSA) is 77.2 Å². The van der Waals surface area contributed by atoms with Crippen molar-refractivity contribution >= 4 is 40.6 Å². The zero-order chi connectivity index (χ0) is 18.1. The van der Waals surface area contributed by atoms with E-state index in [1.54, 1.807) is 18.2 Å². The summed E-state index contributed by atoms with van der Waals surface area (Å²) in [5, 5.41) is 15.4. The van der Waals surface area contributed by atoms with Gasteiger partial charge in [-0.25, -0.2) is 0 Å². The van der Waals surface area contributed by atoms with Gasteiger partial charge in [0, 0.05) is 30.1 Å². The van der Waals surface area contributed by atoms with Gasteiger partial charge in [-0.2, -0.15) is 0 Å². The van der Waals surface area contributed by atoms with Crippen molar-refractivity contribution in [1.29, 1.82) is 0 Å². The van der Waals surface area contributed by atoms with E-state index in [2.05, 4.69) is 5.32 Å². The fourth-order valence-corrected chi connectivity index (χ4v) is 3.81. The number of carbonyl (C=O) groups is 1. The molecular formula is C20H20ClN3O3. The van der Waals surface area contributed by atoms with Crippen LogP contribution in [0.25, 0.3) is 10.9 Å². The summed E-state index contributed by atoms with van der Waals surface area (Å²) in [7, 11) is 0. The SMILES string of the molecule is Cl.O=C1CCCc2c(CCNc3ccccc3[N+](=O)[O-])c3ccccc3n21. The Bertz CT molecular complexity index is 1010. The van der Waals surface area contributed by atoms with Crippen LogP contribution in [0, 0.1) is 10.1 Å². The smallest absolute Gasteiger partial charge is 0.292 e. The second-order valence-electron chi connectivity index (χ2n) is 6.48. The molecule has 4 rings (SSSR count). The van der Waals surface area contributed by atoms with Gasteiger partial charge in [-0.15, -0.1) is 12.4 Å². The highest BCUT2D eigenvalue weighted by Gasteiger charge is 2.24. The van der Waals surface area contributed by atoms with Gasteiger partial charge in [0.25, 0.3) is 5.69 Å². The monoisotopic (exact) mass is 385 g/mol. The van der Waals surface area contributed by atoms with Crippen molar-refractivity contribution in [1.82, 2.24) is 4.57 Å². The highest BCUT2D eigenvalue weighted by atomic mass is 35.5. The maximum absolute atomic E-state index is 12.4. The number of halogens is 1. The molecule has 3 aromatic rings. The van der Waals surface area contributed by atoms with Crippen LogP contribution in [0.4, 0.5) is 11.4 Å². The highest BCUT2D eigenvalue weighted by Crippen LogP contribution is 2.31. The average Bonchev–Trinajstić information content (AvgIpc) is 2.97. The number of carbonyl (C=O) groups excluding carboxylic acids is 1. The minimum atomic E-state index is -0.378. The van der Waals surface area contributed by atoms with Crippen LogP contribution in [0.2, 0.25) is 0 Å². The van der Waals surface area contributed by atoms with E-state index in [0.29, 0.717) is 25.1 Å². The van der Waals surface area contributed by atoms with Crippen molar-refractivity contribution in [3.05, 3.63) is 69.9 Å². The van der Waals surface area contributed by atoms with Crippen molar-refractivity contribution in [2.45, 2.75) is 25.7 Å². The molecule has 0 bridgehead atoms. The molecular weight excluding hydrogens is 366 g/mol. The van der Waals surface area contributed by atoms with Gasteiger partial charge in [0.05, 0.1) is 10.4 Å². The Morgan fingerprint density at radius 1 is 1.07 bits per heavy atom. The zero-order valence-electron chi connectivity index (χ0n) is 14.7. The number of benzene rings is 2. The number of para-hydroxylation sites is 3. The summed E-state index contributed by atoms with van der Waals surface area (Å²) in [5.41, 5.74) is 3.82. The Labute approximate surface area is 162 Å². The number of nitrogens with zero attached hydrogens (tertiary/aromatic N) is 2. The number of hydrogen-bond donors (Lipinski definition) is 1. The third-order valence-electron chi connectivity index (χ3n) is 4.93. The molecule has 1 N–H and O–H groups in total. The predicted octanol–water partition coefficient (Wildman–Crippen LogP) is 4.60. The molecule has 1 aliphatic heterocycles. The van der Waals surface area contributed by atoms with Gasteiger partial charge < -0.3 is 5.32 Å². The van der Waals surface area contributed by atoms with Gasteiger partial charge in [-0.05, 0) is 37.0 Å². The van der Waals surface area contributed by atoms with Crippen LogP contribution in [0.3, 0.4) is 0 Å². The van der Waals surface area contributed by atoms with Gasteiger partial charge in [-0.1, -0.05) is 30.3 Å². The number of aromatic nitrogens is 1. The molecule has 27 heavy (non-hydrogen) atoms. The van der Waals surface area contributed by atoms with Gasteiger partial charge in [-0.3, -0.25) is 19.5 Å². The largest absolute Gasteiger partial charge is 0.379 e. The number of nitrogens with one attached hydrogen (secondary N) is 1. The number of hydrogen-bond acceptors (Lipinski definition) is 4. The van der Waals surface area contributed by atoms with Crippen LogP contribution < -0.4 is 5.32 Å². The first-order valence-electron chi connectivity index (χ1n) is 8.78. The molecule has 0 unspecified atom stereocenters. The minimum absolute atomic E-state index is 0. The molecule has 0 spiro atoms. The first-order chi connectivity index (χ1) is 12.7. The van der Waals surface area contributed by atoms with Crippen molar-refractivity contribution in [2.24, 2.45) is 0 Å². The van der Waals surface area contributed by atoms with Crippen LogP contribution in [0.1, 0.15) is 28.9 Å². The normalized spacial score (nSPS) is 13.1. The Kier molecular flexibility index (Phi) is 5.46. The summed E-state index contributed by atoms with van der Waals surface area (Å²) < 4.78 is 1.86. The minimum Gasteiger partial charge on any atom is -0.379 e. The van der Waals surface area contributed by atoms with Crippen molar-refractivity contribution in [2.75, 3.05) is 11.9 Å². The molecule has 0 atom stereocenters. The number of nitro benzene ring substituents is 1. The second-order valence-corrected chi connectivity index (χ2v) is 6.48. The average molecular weight is 386 g/mol. The van der Waals surface area contributed by atoms with E-state index < -0.39 is 0 Å². The summed E-state index contributed by atoms with van der Waals surface area (Å²) in [4.78, 5) is 23.2. The fourth-order valence-electron chi connectivity index (χ4n) is 3.81. The first-order valence-corrected chi connectivity index (χ1v) is 8.78. The molecule has 0 radical (unpaired) electrons. The summed E-state index contributed by atoms with van der Waals surface area (Å²) in [5.74, 6) is 0.153. The van der Waals surface area contributed by atoms with E-state index in [0.717, 1.165) is 29.4 Å². The maximum atomic E-state index is 12.4.